The SMILES string of the molecule is CC(NC(=O)/C=C/c1ccc(OCC#N)cc1)c1ccc(F)c(F)c1. The van der Waals surface area contributed by atoms with Gasteiger partial charge in [-0.15, -0.1) is 0 Å². The Hall–Kier alpha value is -3.20. The summed E-state index contributed by atoms with van der Waals surface area (Å²) in [6.45, 7) is 1.65. The maximum absolute atomic E-state index is 13.2. The number of halogens is 2. The average Bonchev–Trinajstić information content (AvgIpc) is 2.61. The van der Waals surface area contributed by atoms with Crippen molar-refractivity contribution in [3.63, 3.8) is 0 Å². The van der Waals surface area contributed by atoms with Gasteiger partial charge in [-0.25, -0.2) is 8.78 Å². The van der Waals surface area contributed by atoms with E-state index in [4.69, 9.17) is 10.00 Å². The summed E-state index contributed by atoms with van der Waals surface area (Å²) in [5, 5.41) is 11.1. The summed E-state index contributed by atoms with van der Waals surface area (Å²) >= 11 is 0. The van der Waals surface area contributed by atoms with E-state index in [1.54, 1.807) is 37.3 Å². The van der Waals surface area contributed by atoms with Crippen molar-refractivity contribution in [2.75, 3.05) is 6.61 Å². The molecule has 0 radical (unpaired) electrons. The van der Waals surface area contributed by atoms with Gasteiger partial charge in [0.2, 0.25) is 5.91 Å². The van der Waals surface area contributed by atoms with E-state index in [0.29, 0.717) is 11.3 Å². The topological polar surface area (TPSA) is 62.1 Å². The number of hydrogen-bond acceptors (Lipinski definition) is 3. The highest BCUT2D eigenvalue weighted by Gasteiger charge is 2.10. The standard InChI is InChI=1S/C19H16F2N2O2/c1-13(15-5-8-17(20)18(21)12-15)23-19(24)9-4-14-2-6-16(7-3-14)25-11-10-22/h2-9,12-13H,11H2,1H3,(H,23,24)/b9-4+. The minimum atomic E-state index is -0.951. The molecule has 0 aliphatic heterocycles. The highest BCUT2D eigenvalue weighted by Crippen LogP contribution is 2.16. The molecule has 0 spiro atoms. The van der Waals surface area contributed by atoms with Crippen LogP contribution >= 0.6 is 0 Å². The summed E-state index contributed by atoms with van der Waals surface area (Å²) in [5.74, 6) is -1.67. The van der Waals surface area contributed by atoms with Gasteiger partial charge in [0.25, 0.3) is 0 Å². The van der Waals surface area contributed by atoms with Crippen LogP contribution in [0.15, 0.2) is 48.5 Å². The van der Waals surface area contributed by atoms with Gasteiger partial charge in [-0.2, -0.15) is 5.26 Å². The van der Waals surface area contributed by atoms with E-state index in [1.807, 2.05) is 6.07 Å². The monoisotopic (exact) mass is 342 g/mol. The molecule has 0 aliphatic carbocycles. The number of carbonyl (C=O) groups excluding carboxylic acids is 1. The van der Waals surface area contributed by atoms with Gasteiger partial charge in [0.1, 0.15) is 11.8 Å². The lowest BCUT2D eigenvalue weighted by Crippen LogP contribution is -2.24. The van der Waals surface area contributed by atoms with Crippen molar-refractivity contribution >= 4 is 12.0 Å². The van der Waals surface area contributed by atoms with Crippen LogP contribution < -0.4 is 10.1 Å². The molecule has 6 heteroatoms. The van der Waals surface area contributed by atoms with Gasteiger partial charge < -0.3 is 10.1 Å². The number of nitrogens with zero attached hydrogens (tertiary/aromatic N) is 1. The van der Waals surface area contributed by atoms with Gasteiger partial charge in [-0.05, 0) is 48.4 Å². The molecule has 0 aromatic heterocycles. The molecule has 2 aromatic rings. The highest BCUT2D eigenvalue weighted by molar-refractivity contribution is 5.91. The first-order valence-corrected chi connectivity index (χ1v) is 7.53. The van der Waals surface area contributed by atoms with Gasteiger partial charge in [0.15, 0.2) is 18.2 Å². The van der Waals surface area contributed by atoms with E-state index in [0.717, 1.165) is 17.7 Å². The molecule has 128 valence electrons. The zero-order chi connectivity index (χ0) is 18.2. The Morgan fingerprint density at radius 3 is 2.60 bits per heavy atom. The second-order valence-electron chi connectivity index (χ2n) is 5.25. The van der Waals surface area contributed by atoms with Gasteiger partial charge in [0.05, 0.1) is 6.04 Å². The third-order valence-corrected chi connectivity index (χ3v) is 3.41. The Morgan fingerprint density at radius 2 is 1.96 bits per heavy atom. The molecular weight excluding hydrogens is 326 g/mol. The summed E-state index contributed by atoms with van der Waals surface area (Å²) in [4.78, 5) is 11.9. The minimum Gasteiger partial charge on any atom is -0.479 e. The quantitative estimate of drug-likeness (QED) is 0.813. The molecule has 2 rings (SSSR count). The van der Waals surface area contributed by atoms with Crippen LogP contribution in [0.25, 0.3) is 6.08 Å². The maximum Gasteiger partial charge on any atom is 0.244 e. The predicted octanol–water partition coefficient (Wildman–Crippen LogP) is 3.76. The second-order valence-corrected chi connectivity index (χ2v) is 5.25. The molecule has 0 heterocycles. The third-order valence-electron chi connectivity index (χ3n) is 3.41. The van der Waals surface area contributed by atoms with Crippen LogP contribution in [0.1, 0.15) is 24.1 Å². The first-order valence-electron chi connectivity index (χ1n) is 7.53. The van der Waals surface area contributed by atoms with Crippen LogP contribution in [0.5, 0.6) is 5.75 Å². The number of ether oxygens (including phenoxy) is 1. The van der Waals surface area contributed by atoms with E-state index < -0.39 is 17.7 Å². The van der Waals surface area contributed by atoms with Crippen LogP contribution in [0.3, 0.4) is 0 Å². The van der Waals surface area contributed by atoms with Crippen LogP contribution in [0.2, 0.25) is 0 Å². The summed E-state index contributed by atoms with van der Waals surface area (Å²) < 4.78 is 31.3. The second kappa shape index (κ2) is 8.60. The van der Waals surface area contributed by atoms with E-state index in [2.05, 4.69) is 5.32 Å². The smallest absolute Gasteiger partial charge is 0.244 e. The number of nitriles is 1. The molecule has 2 aromatic carbocycles. The molecular formula is C19H16F2N2O2. The summed E-state index contributed by atoms with van der Waals surface area (Å²) in [6, 6.07) is 11.8. The number of carbonyl (C=O) groups is 1. The number of hydrogen-bond donors (Lipinski definition) is 1. The normalized spacial score (nSPS) is 11.8. The van der Waals surface area contributed by atoms with Gasteiger partial charge in [-0.3, -0.25) is 4.79 Å². The van der Waals surface area contributed by atoms with Gasteiger partial charge in [0, 0.05) is 6.08 Å². The predicted molar refractivity (Wildman–Crippen MR) is 89.5 cm³/mol. The van der Waals surface area contributed by atoms with Gasteiger partial charge >= 0.3 is 0 Å². The van der Waals surface area contributed by atoms with Crippen molar-refractivity contribution in [1.82, 2.24) is 5.32 Å². The zero-order valence-electron chi connectivity index (χ0n) is 13.5. The van der Waals surface area contributed by atoms with E-state index >= 15 is 0 Å². The van der Waals surface area contributed by atoms with Crippen molar-refractivity contribution in [3.8, 4) is 11.8 Å². The van der Waals surface area contributed by atoms with Crippen molar-refractivity contribution in [2.24, 2.45) is 0 Å². The summed E-state index contributed by atoms with van der Waals surface area (Å²) in [7, 11) is 0. The maximum atomic E-state index is 13.2. The van der Waals surface area contributed by atoms with E-state index in [-0.39, 0.29) is 12.5 Å². The Labute approximate surface area is 144 Å². The Kier molecular flexibility index (Phi) is 6.24. The zero-order valence-corrected chi connectivity index (χ0v) is 13.5. The first kappa shape index (κ1) is 18.1. The molecule has 0 fully saturated rings. The summed E-state index contributed by atoms with van der Waals surface area (Å²) in [5.41, 5.74) is 1.25. The number of rotatable bonds is 6. The van der Waals surface area contributed by atoms with Crippen LogP contribution in [0.4, 0.5) is 8.78 Å². The largest absolute Gasteiger partial charge is 0.479 e. The molecule has 1 N–H and O–H groups in total. The highest BCUT2D eigenvalue weighted by atomic mass is 19.2. The molecule has 25 heavy (non-hydrogen) atoms. The minimum absolute atomic E-state index is 0.0283. The fourth-order valence-electron chi connectivity index (χ4n) is 2.09. The van der Waals surface area contributed by atoms with E-state index in [9.17, 15) is 13.6 Å². The van der Waals surface area contributed by atoms with Crippen LogP contribution in [-0.2, 0) is 4.79 Å². The molecule has 1 amide bonds. The van der Waals surface area contributed by atoms with E-state index in [1.165, 1.54) is 12.1 Å². The number of amides is 1. The first-order chi connectivity index (χ1) is 12.0. The number of benzene rings is 2. The Bertz CT molecular complexity index is 811. The molecule has 1 unspecified atom stereocenters. The fourth-order valence-corrected chi connectivity index (χ4v) is 2.09. The molecule has 0 saturated carbocycles. The van der Waals surface area contributed by atoms with Crippen molar-refractivity contribution in [1.29, 1.82) is 5.26 Å². The Morgan fingerprint density at radius 1 is 1.24 bits per heavy atom. The third kappa shape index (κ3) is 5.43. The fraction of sp³-hybridized carbons (Fsp3) is 0.158. The molecule has 4 nitrogen and oxygen atoms in total. The lowest BCUT2D eigenvalue weighted by Gasteiger charge is -2.13. The summed E-state index contributed by atoms with van der Waals surface area (Å²) in [6.07, 6.45) is 2.96. The van der Waals surface area contributed by atoms with Crippen LogP contribution in [-0.4, -0.2) is 12.5 Å². The lowest BCUT2D eigenvalue weighted by molar-refractivity contribution is -0.117. The molecule has 0 saturated heterocycles. The lowest BCUT2D eigenvalue weighted by atomic mass is 10.1. The van der Waals surface area contributed by atoms with Crippen molar-refractivity contribution in [2.45, 2.75) is 13.0 Å². The van der Waals surface area contributed by atoms with Crippen molar-refractivity contribution in [3.05, 3.63) is 71.3 Å². The molecule has 0 aliphatic rings. The number of nitrogens with one attached hydrogen (secondary N) is 1. The van der Waals surface area contributed by atoms with Crippen LogP contribution in [0, 0.1) is 23.0 Å². The van der Waals surface area contributed by atoms with Gasteiger partial charge in [-0.1, -0.05) is 18.2 Å². The van der Waals surface area contributed by atoms with Crippen molar-refractivity contribution < 1.29 is 18.3 Å². The molecule has 0 bridgehead atoms. The average molecular weight is 342 g/mol. The Balaban J connectivity index is 1.93. The molecule has 1 atom stereocenters.